The second-order valence-corrected chi connectivity index (χ2v) is 5.92. The lowest BCUT2D eigenvalue weighted by Crippen LogP contribution is -2.57. The van der Waals surface area contributed by atoms with E-state index in [9.17, 15) is 0 Å². The Labute approximate surface area is 91.7 Å². The number of amidine groups is 1. The van der Waals surface area contributed by atoms with Crippen LogP contribution in [0.15, 0.2) is 0 Å². The fraction of sp³-hybridized carbons (Fsp3) is 0.857. The maximum Gasteiger partial charge on any atom is 0.752 e. The van der Waals surface area contributed by atoms with Crippen molar-refractivity contribution >= 4 is 26.8 Å². The number of nitrogens with two attached hydrogens (primary N) is 1. The van der Waals surface area contributed by atoms with E-state index in [0.717, 1.165) is 6.42 Å². The molecule has 5 nitrogen and oxygen atoms in total. The van der Waals surface area contributed by atoms with E-state index in [0.29, 0.717) is 11.7 Å². The largest absolute Gasteiger partial charge is 0.752 e. The number of rotatable bonds is 6. The van der Waals surface area contributed by atoms with Crippen molar-refractivity contribution in [1.82, 2.24) is 0 Å². The van der Waals surface area contributed by atoms with Crippen LogP contribution in [0.1, 0.15) is 13.3 Å². The van der Waals surface area contributed by atoms with Crippen LogP contribution in [0.3, 0.4) is 0 Å². The molecule has 0 unspecified atom stereocenters. The SMILES string of the molecule is CCC[N+](=C(N)S)[Si](OC)(OC)OC. The molecule has 0 radical (unpaired) electrons. The molecular formula is C7H19N2O3SSi+. The molecule has 0 atom stereocenters. The molecule has 0 amide bonds. The normalized spacial score (nSPS) is 14.1. The van der Waals surface area contributed by atoms with E-state index >= 15 is 0 Å². The second kappa shape index (κ2) is 6.41. The van der Waals surface area contributed by atoms with E-state index < -0.39 is 8.97 Å². The molecular weight excluding hydrogens is 220 g/mol. The van der Waals surface area contributed by atoms with Crippen LogP contribution in [0, 0.1) is 0 Å². The highest BCUT2D eigenvalue weighted by atomic mass is 32.1. The maximum absolute atomic E-state index is 5.64. The Morgan fingerprint density at radius 2 is 1.71 bits per heavy atom. The van der Waals surface area contributed by atoms with Gasteiger partial charge in [-0.15, -0.1) is 0 Å². The van der Waals surface area contributed by atoms with Gasteiger partial charge in [0, 0.05) is 21.3 Å². The van der Waals surface area contributed by atoms with Gasteiger partial charge in [0.1, 0.15) is 0 Å². The molecule has 0 bridgehead atoms. The molecule has 0 saturated carbocycles. The molecule has 0 saturated heterocycles. The van der Waals surface area contributed by atoms with Gasteiger partial charge in [-0.2, -0.15) is 0 Å². The lowest BCUT2D eigenvalue weighted by molar-refractivity contribution is -0.457. The van der Waals surface area contributed by atoms with Crippen molar-refractivity contribution in [3.8, 4) is 0 Å². The highest BCUT2D eigenvalue weighted by Crippen LogP contribution is 2.09. The molecule has 0 spiro atoms. The Bertz CT molecular complexity index is 197. The predicted octanol–water partition coefficient (Wildman–Crippen LogP) is 0.0282. The molecule has 0 heterocycles. The zero-order valence-electron chi connectivity index (χ0n) is 9.11. The average molecular weight is 239 g/mol. The van der Waals surface area contributed by atoms with Crippen molar-refractivity contribution in [1.29, 1.82) is 0 Å². The smallest absolute Gasteiger partial charge is 0.341 e. The fourth-order valence-corrected chi connectivity index (χ4v) is 3.60. The highest BCUT2D eigenvalue weighted by molar-refractivity contribution is 7.96. The van der Waals surface area contributed by atoms with Crippen molar-refractivity contribution in [2.75, 3.05) is 27.9 Å². The minimum Gasteiger partial charge on any atom is -0.341 e. The summed E-state index contributed by atoms with van der Waals surface area (Å²) in [7, 11) is 1.78. The minimum atomic E-state index is -2.84. The first kappa shape index (κ1) is 13.9. The minimum absolute atomic E-state index is 0.351. The molecule has 0 aromatic rings. The monoisotopic (exact) mass is 239 g/mol. The van der Waals surface area contributed by atoms with Crippen molar-refractivity contribution in [2.45, 2.75) is 13.3 Å². The van der Waals surface area contributed by atoms with E-state index in [1.165, 1.54) is 0 Å². The van der Waals surface area contributed by atoms with Crippen molar-refractivity contribution in [3.63, 3.8) is 0 Å². The third-order valence-electron chi connectivity index (χ3n) is 1.83. The van der Waals surface area contributed by atoms with E-state index in [1.807, 2.05) is 6.92 Å². The van der Waals surface area contributed by atoms with Crippen LogP contribution in [-0.2, 0) is 13.3 Å². The number of nitrogens with zero attached hydrogens (tertiary/aromatic N) is 1. The second-order valence-electron chi connectivity index (χ2n) is 2.65. The van der Waals surface area contributed by atoms with Crippen LogP contribution in [-0.4, -0.2) is 46.2 Å². The summed E-state index contributed by atoms with van der Waals surface area (Å²) in [5, 5.41) is 0.351. The average Bonchev–Trinajstić information content (AvgIpc) is 2.19. The van der Waals surface area contributed by atoms with Gasteiger partial charge in [0.15, 0.2) is 0 Å². The molecule has 0 aromatic heterocycles. The van der Waals surface area contributed by atoms with Crippen LogP contribution in [0.2, 0.25) is 0 Å². The molecule has 84 valence electrons. The lowest BCUT2D eigenvalue weighted by atomic mass is 10.5. The van der Waals surface area contributed by atoms with Crippen LogP contribution in [0.5, 0.6) is 0 Å². The Kier molecular flexibility index (Phi) is 6.37. The summed E-state index contributed by atoms with van der Waals surface area (Å²) in [5.41, 5.74) is 5.64. The van der Waals surface area contributed by atoms with E-state index in [1.54, 1.807) is 25.6 Å². The first-order valence-corrected chi connectivity index (χ1v) is 6.44. The van der Waals surface area contributed by atoms with E-state index in [-0.39, 0.29) is 0 Å². The summed E-state index contributed by atoms with van der Waals surface area (Å²) >= 11 is 4.10. The zero-order chi connectivity index (χ0) is 11.2. The quantitative estimate of drug-likeness (QED) is 0.297. The van der Waals surface area contributed by atoms with Crippen LogP contribution in [0.4, 0.5) is 0 Å². The van der Waals surface area contributed by atoms with Gasteiger partial charge in [-0.05, 0) is 6.42 Å². The standard InChI is InChI=1S/C7H18N2O3SSi/c1-5-6-9(7(8)13)14(10-2,11-3)12-4/h5-6H2,1-4H3,(H2,8,13)/p+1. The predicted molar refractivity (Wildman–Crippen MR) is 60.4 cm³/mol. The Morgan fingerprint density at radius 1 is 1.29 bits per heavy atom. The fourth-order valence-electron chi connectivity index (χ4n) is 1.20. The van der Waals surface area contributed by atoms with Crippen molar-refractivity contribution in [3.05, 3.63) is 0 Å². The van der Waals surface area contributed by atoms with Gasteiger partial charge in [-0.3, -0.25) is 5.73 Å². The first-order chi connectivity index (χ1) is 6.57. The molecule has 0 aliphatic rings. The van der Waals surface area contributed by atoms with Gasteiger partial charge < -0.3 is 13.3 Å². The summed E-state index contributed by atoms with van der Waals surface area (Å²) in [4.78, 5) is 0. The Hall–Kier alpha value is -0.0831. The lowest BCUT2D eigenvalue weighted by Gasteiger charge is -2.23. The zero-order valence-corrected chi connectivity index (χ0v) is 11.0. The summed E-state index contributed by atoms with van der Waals surface area (Å²) < 4.78 is 17.6. The summed E-state index contributed by atoms with van der Waals surface area (Å²) in [6, 6.07) is 0. The molecule has 14 heavy (non-hydrogen) atoms. The van der Waals surface area contributed by atoms with Crippen LogP contribution < -0.4 is 5.73 Å². The number of hydrogen-bond donors (Lipinski definition) is 2. The van der Waals surface area contributed by atoms with Gasteiger partial charge in [-0.25, -0.2) is 4.24 Å². The summed E-state index contributed by atoms with van der Waals surface area (Å²) in [6.45, 7) is 2.72. The number of hydrogen-bond acceptors (Lipinski definition) is 3. The van der Waals surface area contributed by atoms with Crippen LogP contribution >= 0.6 is 12.6 Å². The molecule has 0 aromatic carbocycles. The first-order valence-electron chi connectivity index (χ1n) is 4.32. The van der Waals surface area contributed by atoms with Gasteiger partial charge >= 0.3 is 8.97 Å². The maximum atomic E-state index is 5.64. The molecule has 7 heteroatoms. The Balaban J connectivity index is 5.02. The molecule has 2 N–H and O–H groups in total. The molecule has 0 fully saturated rings. The van der Waals surface area contributed by atoms with Gasteiger partial charge in [0.25, 0.3) is 5.17 Å². The highest BCUT2D eigenvalue weighted by Gasteiger charge is 2.51. The van der Waals surface area contributed by atoms with Gasteiger partial charge in [-0.1, -0.05) is 19.6 Å². The Morgan fingerprint density at radius 3 is 1.93 bits per heavy atom. The number of thiol groups is 1. The molecule has 0 aliphatic carbocycles. The van der Waals surface area contributed by atoms with E-state index in [4.69, 9.17) is 19.0 Å². The van der Waals surface area contributed by atoms with Crippen LogP contribution in [0.25, 0.3) is 0 Å². The van der Waals surface area contributed by atoms with Crippen molar-refractivity contribution in [2.24, 2.45) is 5.73 Å². The topological polar surface area (TPSA) is 56.7 Å². The van der Waals surface area contributed by atoms with Gasteiger partial charge in [0.05, 0.1) is 6.54 Å². The molecule has 0 rings (SSSR count). The van der Waals surface area contributed by atoms with E-state index in [2.05, 4.69) is 12.6 Å². The van der Waals surface area contributed by atoms with Gasteiger partial charge in [0.2, 0.25) is 0 Å². The summed E-state index contributed by atoms with van der Waals surface area (Å²) in [5.74, 6) is 0. The van der Waals surface area contributed by atoms with Crippen molar-refractivity contribution < 1.29 is 17.5 Å². The molecule has 0 aliphatic heterocycles. The third kappa shape index (κ3) is 2.96. The summed E-state index contributed by atoms with van der Waals surface area (Å²) in [6.07, 6.45) is 0.909. The third-order valence-corrected chi connectivity index (χ3v) is 4.93.